The van der Waals surface area contributed by atoms with E-state index in [1.807, 2.05) is 184 Å². The van der Waals surface area contributed by atoms with E-state index in [0.29, 0.717) is 37.3 Å². The first-order valence-electron chi connectivity index (χ1n) is 19.5. The first kappa shape index (κ1) is 45.0. The molecule has 0 fully saturated rings. The summed E-state index contributed by atoms with van der Waals surface area (Å²) in [5, 5.41) is 0. The summed E-state index contributed by atoms with van der Waals surface area (Å²) in [6, 6.07) is 37.9. The van der Waals surface area contributed by atoms with Crippen LogP contribution in [0.2, 0.25) is 0 Å². The number of para-hydroxylation sites is 5. The standard InChI is InChI=1S/C44H51N4O8P4/c1-31(2)54-59-46-57-45-58-47-60(48-59,55-32(3)4)56-43(50-39-26-16-11-21-34(39)6,30-49-38-25-15-10-20-33(38)5)44(51-40-27-17-12-22-35(40)7,52-41-28-18-13-23-36(41)8)53-42-29-19-14-24-37(42)9/h10-29,31-32H,30H2,1-9H3/q+1. The van der Waals surface area contributed by atoms with Gasteiger partial charge in [0.1, 0.15) is 34.9 Å². The van der Waals surface area contributed by atoms with Crippen LogP contribution in [0.3, 0.4) is 0 Å². The quantitative estimate of drug-likeness (QED) is 0.0629. The molecule has 314 valence electrons. The smallest absolute Gasteiger partial charge is 0.486 e. The maximum atomic E-state index is 7.59. The number of nitrogens with zero attached hydrogens (tertiary/aromatic N) is 4. The molecule has 0 spiro atoms. The zero-order valence-corrected chi connectivity index (χ0v) is 38.8. The SMILES string of the molecule is Cc1ccccc1OCC(Oc1ccccc1C)(OP1(OC(C)C)=NP=NP=N[P+](OC(C)C)=N1)C(Oc1ccccc1C)(Oc1ccccc1C)Oc1ccccc1C. The lowest BCUT2D eigenvalue weighted by molar-refractivity contribution is -0.392. The molecule has 0 N–H and O–H groups in total. The highest BCUT2D eigenvalue weighted by atomic mass is 31.2. The summed E-state index contributed by atoms with van der Waals surface area (Å²) in [6.07, 6.45) is -0.713. The summed E-state index contributed by atoms with van der Waals surface area (Å²) in [6.45, 7) is 16.8. The molecule has 5 aromatic rings. The molecule has 0 aromatic heterocycles. The molecule has 16 heteroatoms. The van der Waals surface area contributed by atoms with Crippen LogP contribution in [0.25, 0.3) is 0 Å². The fraction of sp³-hybridized carbons (Fsp3) is 0.318. The van der Waals surface area contributed by atoms with Gasteiger partial charge in [-0.05, 0) is 120 Å². The molecule has 1 aliphatic heterocycles. The first-order valence-corrected chi connectivity index (χ1v) is 23.8. The molecule has 12 nitrogen and oxygen atoms in total. The van der Waals surface area contributed by atoms with Gasteiger partial charge in [0.25, 0.3) is 0 Å². The van der Waals surface area contributed by atoms with Gasteiger partial charge in [-0.2, -0.15) is 9.03 Å². The molecular formula is C44H51N4O8P4+. The molecular weight excluding hydrogens is 836 g/mol. The van der Waals surface area contributed by atoms with Crippen molar-refractivity contribution in [1.82, 2.24) is 0 Å². The Bertz CT molecular complexity index is 2290. The van der Waals surface area contributed by atoms with Crippen molar-refractivity contribution in [3.63, 3.8) is 0 Å². The molecule has 3 atom stereocenters. The van der Waals surface area contributed by atoms with Crippen LogP contribution in [0.1, 0.15) is 55.5 Å². The molecule has 0 saturated heterocycles. The molecule has 0 saturated carbocycles. The summed E-state index contributed by atoms with van der Waals surface area (Å²) in [7, 11) is -5.23. The van der Waals surface area contributed by atoms with Crippen molar-refractivity contribution in [2.45, 2.75) is 86.3 Å². The summed E-state index contributed by atoms with van der Waals surface area (Å²) in [4.78, 5) is 0. The second-order valence-electron chi connectivity index (χ2n) is 14.5. The first-order chi connectivity index (χ1) is 28.8. The van der Waals surface area contributed by atoms with Gasteiger partial charge < -0.3 is 28.2 Å². The summed E-state index contributed by atoms with van der Waals surface area (Å²) in [5.41, 5.74) is 3.97. The van der Waals surface area contributed by atoms with E-state index >= 15 is 0 Å². The zero-order chi connectivity index (χ0) is 42.8. The van der Waals surface area contributed by atoms with Crippen molar-refractivity contribution >= 4 is 32.8 Å². The number of benzene rings is 5. The largest absolute Gasteiger partial charge is 0.548 e. The summed E-state index contributed by atoms with van der Waals surface area (Å²) < 4.78 is 76.2. The molecule has 0 aliphatic carbocycles. The van der Waals surface area contributed by atoms with Crippen molar-refractivity contribution in [2.75, 3.05) is 6.61 Å². The van der Waals surface area contributed by atoms with E-state index in [2.05, 4.69) is 9.03 Å². The van der Waals surface area contributed by atoms with Crippen molar-refractivity contribution in [3.05, 3.63) is 149 Å². The van der Waals surface area contributed by atoms with E-state index < -0.39 is 40.2 Å². The molecule has 1 aliphatic rings. The lowest BCUT2D eigenvalue weighted by atomic mass is 10.1. The zero-order valence-electron chi connectivity index (χ0n) is 35.3. The Hall–Kier alpha value is -4.49. The molecule has 60 heavy (non-hydrogen) atoms. The van der Waals surface area contributed by atoms with Crippen molar-refractivity contribution in [3.8, 4) is 28.7 Å². The van der Waals surface area contributed by atoms with Crippen LogP contribution in [-0.4, -0.2) is 30.6 Å². The van der Waals surface area contributed by atoms with Crippen molar-refractivity contribution in [1.29, 1.82) is 0 Å². The average molecular weight is 888 g/mol. The van der Waals surface area contributed by atoms with Gasteiger partial charge in [0.2, 0.25) is 8.52 Å². The highest BCUT2D eigenvalue weighted by Crippen LogP contribution is 2.66. The fourth-order valence-electron chi connectivity index (χ4n) is 5.83. The van der Waals surface area contributed by atoms with Crippen molar-refractivity contribution in [2.24, 2.45) is 18.1 Å². The normalized spacial score (nSPS) is 17.4. The van der Waals surface area contributed by atoms with Crippen LogP contribution < -0.4 is 23.7 Å². The highest BCUT2D eigenvalue weighted by molar-refractivity contribution is 7.66. The minimum absolute atomic E-state index is 0.244. The van der Waals surface area contributed by atoms with Crippen LogP contribution in [0.4, 0.5) is 0 Å². The highest BCUT2D eigenvalue weighted by Gasteiger charge is 2.69. The molecule has 5 aromatic carbocycles. The maximum absolute atomic E-state index is 7.59. The average Bonchev–Trinajstić information content (AvgIpc) is 3.19. The number of rotatable bonds is 18. The van der Waals surface area contributed by atoms with Gasteiger partial charge in [0.05, 0.1) is 6.10 Å². The third-order valence-electron chi connectivity index (χ3n) is 8.82. The van der Waals surface area contributed by atoms with Gasteiger partial charge in [-0.3, -0.25) is 0 Å². The van der Waals surface area contributed by atoms with Gasteiger partial charge in [0, 0.05) is 9.03 Å². The van der Waals surface area contributed by atoms with Crippen LogP contribution in [-0.2, 0) is 13.6 Å². The molecule has 1 heterocycles. The number of hydrogen-bond acceptors (Lipinski definition) is 12. The lowest BCUT2D eigenvalue weighted by Gasteiger charge is -2.47. The Morgan fingerprint density at radius 1 is 0.550 bits per heavy atom. The molecule has 3 unspecified atom stereocenters. The van der Waals surface area contributed by atoms with Crippen molar-refractivity contribution < 1.29 is 37.3 Å². The Morgan fingerprint density at radius 3 is 1.38 bits per heavy atom. The Morgan fingerprint density at radius 2 is 0.967 bits per heavy atom. The van der Waals surface area contributed by atoms with E-state index in [-0.39, 0.29) is 14.6 Å². The van der Waals surface area contributed by atoms with Crippen LogP contribution >= 0.6 is 32.8 Å². The third kappa shape index (κ3) is 11.3. The predicted octanol–water partition coefficient (Wildman–Crippen LogP) is 14.7. The van der Waals surface area contributed by atoms with Crippen LogP contribution in [0.5, 0.6) is 28.7 Å². The molecule has 0 radical (unpaired) electrons. The second kappa shape index (κ2) is 20.4. The Kier molecular flexibility index (Phi) is 15.3. The fourth-order valence-corrected chi connectivity index (χ4v) is 11.8. The molecule has 0 bridgehead atoms. The van der Waals surface area contributed by atoms with E-state index in [4.69, 9.17) is 46.3 Å². The van der Waals surface area contributed by atoms with E-state index in [1.165, 1.54) is 0 Å². The van der Waals surface area contributed by atoms with Gasteiger partial charge in [0.15, 0.2) is 15.1 Å². The number of hydrogen-bond donors (Lipinski definition) is 0. The summed E-state index contributed by atoms with van der Waals surface area (Å²) >= 11 is 0. The maximum Gasteiger partial charge on any atom is 0.548 e. The Labute approximate surface area is 357 Å². The Balaban J connectivity index is 1.78. The second-order valence-corrected chi connectivity index (χ2v) is 19.8. The van der Waals surface area contributed by atoms with E-state index in [1.54, 1.807) is 0 Å². The summed E-state index contributed by atoms with van der Waals surface area (Å²) in [5.74, 6) is -2.57. The van der Waals surface area contributed by atoms with Crippen LogP contribution in [0, 0.1) is 34.6 Å². The van der Waals surface area contributed by atoms with Gasteiger partial charge in [-0.1, -0.05) is 91.0 Å². The minimum atomic E-state index is -3.98. The number of ether oxygens (including phenoxy) is 5. The minimum Gasteiger partial charge on any atom is -0.486 e. The van der Waals surface area contributed by atoms with Gasteiger partial charge in [-0.15, -0.1) is 4.52 Å². The van der Waals surface area contributed by atoms with E-state index in [0.717, 1.165) is 27.8 Å². The predicted molar refractivity (Wildman–Crippen MR) is 240 cm³/mol. The van der Waals surface area contributed by atoms with Gasteiger partial charge >= 0.3 is 27.5 Å². The monoisotopic (exact) mass is 887 g/mol. The van der Waals surface area contributed by atoms with Gasteiger partial charge in [-0.25, -0.2) is 4.52 Å². The number of aryl methyl sites for hydroxylation is 5. The topological polar surface area (TPSA) is 123 Å². The lowest BCUT2D eigenvalue weighted by Crippen LogP contribution is -2.72. The molecule has 0 amide bonds. The van der Waals surface area contributed by atoms with Crippen LogP contribution in [0.15, 0.2) is 139 Å². The van der Waals surface area contributed by atoms with E-state index in [9.17, 15) is 0 Å². The third-order valence-corrected chi connectivity index (χ3v) is 15.0. The molecule has 6 rings (SSSR count).